The number of benzene rings is 3. The molecular formula is C24H15Cl3FNO3S. The Morgan fingerprint density at radius 2 is 1.52 bits per heavy atom. The molecule has 0 spiro atoms. The molecule has 0 aromatic heterocycles. The molecule has 0 bridgehead atoms. The van der Waals surface area contributed by atoms with Gasteiger partial charge in [0.25, 0.3) is 11.1 Å². The SMILES string of the molecule is O=C1S/C(=C\c2cc(Cl)c(OCc3ccc(F)cc3)c(Cl)c2)C(=O)N1Cc1ccc(Cl)cc1. The van der Waals surface area contributed by atoms with Crippen molar-refractivity contribution in [2.24, 2.45) is 0 Å². The third-order valence-corrected chi connectivity index (χ3v) is 6.46. The highest BCUT2D eigenvalue weighted by Gasteiger charge is 2.35. The molecule has 4 nitrogen and oxygen atoms in total. The van der Waals surface area contributed by atoms with E-state index in [1.54, 1.807) is 54.6 Å². The molecule has 4 rings (SSSR count). The van der Waals surface area contributed by atoms with E-state index in [1.165, 1.54) is 17.0 Å². The number of rotatable bonds is 6. The molecule has 1 aliphatic rings. The van der Waals surface area contributed by atoms with Gasteiger partial charge in [0.1, 0.15) is 12.4 Å². The third-order valence-electron chi connectivity index (χ3n) is 4.74. The largest absolute Gasteiger partial charge is 0.486 e. The standard InChI is InChI=1S/C24H15Cl3FNO3S/c25-17-5-1-14(2-6-17)12-29-23(30)21(33-24(29)31)11-16-9-19(26)22(20(27)10-16)32-13-15-3-7-18(28)8-4-15/h1-11H,12-13H2/b21-11-. The molecular weight excluding hydrogens is 508 g/mol. The van der Waals surface area contributed by atoms with Crippen molar-refractivity contribution in [3.63, 3.8) is 0 Å². The minimum Gasteiger partial charge on any atom is -0.486 e. The van der Waals surface area contributed by atoms with Crippen molar-refractivity contribution < 1.29 is 18.7 Å². The Hall–Kier alpha value is -2.51. The fourth-order valence-corrected chi connectivity index (χ4v) is 4.67. The average Bonchev–Trinajstić information content (AvgIpc) is 3.03. The van der Waals surface area contributed by atoms with Crippen LogP contribution in [0.25, 0.3) is 6.08 Å². The molecule has 0 unspecified atom stereocenters. The summed E-state index contributed by atoms with van der Waals surface area (Å²) in [6.07, 6.45) is 1.56. The van der Waals surface area contributed by atoms with E-state index in [9.17, 15) is 14.0 Å². The molecule has 9 heteroatoms. The van der Waals surface area contributed by atoms with Crippen molar-refractivity contribution >= 4 is 63.8 Å². The van der Waals surface area contributed by atoms with Gasteiger partial charge in [0.05, 0.1) is 21.5 Å². The second-order valence-electron chi connectivity index (χ2n) is 7.12. The van der Waals surface area contributed by atoms with Crippen molar-refractivity contribution in [3.8, 4) is 5.75 Å². The summed E-state index contributed by atoms with van der Waals surface area (Å²) in [4.78, 5) is 26.6. The molecule has 3 aromatic carbocycles. The first-order valence-electron chi connectivity index (χ1n) is 9.66. The van der Waals surface area contributed by atoms with Crippen LogP contribution in [0.4, 0.5) is 9.18 Å². The van der Waals surface area contributed by atoms with E-state index < -0.39 is 5.91 Å². The van der Waals surface area contributed by atoms with Crippen LogP contribution in [0.3, 0.4) is 0 Å². The number of carbonyl (C=O) groups is 2. The Morgan fingerprint density at radius 1 is 0.909 bits per heavy atom. The fraction of sp³-hybridized carbons (Fsp3) is 0.0833. The number of carbonyl (C=O) groups excluding carboxylic acids is 2. The summed E-state index contributed by atoms with van der Waals surface area (Å²) >= 11 is 19.4. The maximum absolute atomic E-state index is 13.0. The first-order valence-corrected chi connectivity index (χ1v) is 11.6. The highest BCUT2D eigenvalue weighted by atomic mass is 35.5. The molecule has 0 aliphatic carbocycles. The lowest BCUT2D eigenvalue weighted by atomic mass is 10.2. The van der Waals surface area contributed by atoms with Crippen LogP contribution in [0, 0.1) is 5.82 Å². The first kappa shape index (κ1) is 23.6. The number of hydrogen-bond acceptors (Lipinski definition) is 4. The van der Waals surface area contributed by atoms with Gasteiger partial charge in [0, 0.05) is 5.02 Å². The van der Waals surface area contributed by atoms with Crippen LogP contribution in [0.15, 0.2) is 65.6 Å². The van der Waals surface area contributed by atoms with E-state index in [-0.39, 0.29) is 44.9 Å². The zero-order valence-electron chi connectivity index (χ0n) is 16.9. The van der Waals surface area contributed by atoms with E-state index in [4.69, 9.17) is 39.5 Å². The molecule has 1 aliphatic heterocycles. The topological polar surface area (TPSA) is 46.6 Å². The van der Waals surface area contributed by atoms with Gasteiger partial charge in [0.2, 0.25) is 0 Å². The van der Waals surface area contributed by atoms with Gasteiger partial charge < -0.3 is 4.74 Å². The van der Waals surface area contributed by atoms with Gasteiger partial charge in [-0.1, -0.05) is 59.1 Å². The zero-order valence-corrected chi connectivity index (χ0v) is 19.9. The number of amides is 2. The number of hydrogen-bond donors (Lipinski definition) is 0. The Labute approximate surface area is 208 Å². The van der Waals surface area contributed by atoms with Gasteiger partial charge >= 0.3 is 0 Å². The van der Waals surface area contributed by atoms with E-state index in [1.807, 2.05) is 0 Å². The maximum Gasteiger partial charge on any atom is 0.293 e. The Bertz CT molecular complexity index is 1220. The summed E-state index contributed by atoms with van der Waals surface area (Å²) in [5, 5.41) is 0.705. The number of nitrogens with zero attached hydrogens (tertiary/aromatic N) is 1. The van der Waals surface area contributed by atoms with Crippen LogP contribution in [0.5, 0.6) is 5.75 Å². The third kappa shape index (κ3) is 5.71. The van der Waals surface area contributed by atoms with Crippen molar-refractivity contribution in [1.82, 2.24) is 4.90 Å². The molecule has 3 aromatic rings. The summed E-state index contributed by atoms with van der Waals surface area (Å²) in [6.45, 7) is 0.305. The zero-order chi connectivity index (χ0) is 23.5. The molecule has 33 heavy (non-hydrogen) atoms. The Balaban J connectivity index is 1.49. The second kappa shape index (κ2) is 10.2. The van der Waals surface area contributed by atoms with Crippen molar-refractivity contribution in [2.75, 3.05) is 0 Å². The van der Waals surface area contributed by atoms with E-state index in [2.05, 4.69) is 0 Å². The predicted molar refractivity (Wildman–Crippen MR) is 130 cm³/mol. The first-order chi connectivity index (χ1) is 15.8. The van der Waals surface area contributed by atoms with Crippen LogP contribution in [0.2, 0.25) is 15.1 Å². The molecule has 0 atom stereocenters. The minimum atomic E-state index is -0.399. The van der Waals surface area contributed by atoms with Crippen molar-refractivity contribution in [3.05, 3.63) is 103 Å². The van der Waals surface area contributed by atoms with Crippen molar-refractivity contribution in [2.45, 2.75) is 13.2 Å². The Morgan fingerprint density at radius 3 is 2.15 bits per heavy atom. The molecule has 2 amide bonds. The normalized spacial score (nSPS) is 14.9. The quantitative estimate of drug-likeness (QED) is 0.313. The number of imide groups is 1. The number of thioether (sulfide) groups is 1. The average molecular weight is 523 g/mol. The van der Waals surface area contributed by atoms with Gasteiger partial charge in [-0.15, -0.1) is 0 Å². The highest BCUT2D eigenvalue weighted by Crippen LogP contribution is 2.38. The maximum atomic E-state index is 13.0. The molecule has 1 saturated heterocycles. The summed E-state index contributed by atoms with van der Waals surface area (Å²) in [5.74, 6) is -0.462. The summed E-state index contributed by atoms with van der Waals surface area (Å²) < 4.78 is 18.7. The highest BCUT2D eigenvalue weighted by molar-refractivity contribution is 8.18. The fourth-order valence-electron chi connectivity index (χ4n) is 3.10. The van der Waals surface area contributed by atoms with E-state index >= 15 is 0 Å². The number of ether oxygens (including phenoxy) is 1. The molecule has 0 radical (unpaired) electrons. The van der Waals surface area contributed by atoms with Gasteiger partial charge in [-0.05, 0) is 70.9 Å². The molecule has 168 valence electrons. The lowest BCUT2D eigenvalue weighted by Crippen LogP contribution is -2.27. The van der Waals surface area contributed by atoms with E-state index in [0.717, 1.165) is 22.9 Å². The lowest BCUT2D eigenvalue weighted by molar-refractivity contribution is -0.123. The molecule has 1 heterocycles. The van der Waals surface area contributed by atoms with Crippen LogP contribution in [-0.4, -0.2) is 16.0 Å². The predicted octanol–water partition coefficient (Wildman–Crippen LogP) is 7.60. The van der Waals surface area contributed by atoms with Gasteiger partial charge in [0.15, 0.2) is 5.75 Å². The van der Waals surface area contributed by atoms with Crippen LogP contribution >= 0.6 is 46.6 Å². The summed E-state index contributed by atoms with van der Waals surface area (Å²) in [6, 6.07) is 16.0. The summed E-state index contributed by atoms with van der Waals surface area (Å²) in [7, 11) is 0. The molecule has 0 N–H and O–H groups in total. The van der Waals surface area contributed by atoms with Crippen LogP contribution < -0.4 is 4.74 Å². The lowest BCUT2D eigenvalue weighted by Gasteiger charge is -2.12. The number of halogens is 4. The smallest absolute Gasteiger partial charge is 0.293 e. The van der Waals surface area contributed by atoms with E-state index in [0.29, 0.717) is 10.6 Å². The van der Waals surface area contributed by atoms with Crippen LogP contribution in [-0.2, 0) is 17.9 Å². The Kier molecular flexibility index (Phi) is 7.29. The van der Waals surface area contributed by atoms with Crippen molar-refractivity contribution in [1.29, 1.82) is 0 Å². The molecule has 1 fully saturated rings. The second-order valence-corrected chi connectivity index (χ2v) is 9.37. The summed E-state index contributed by atoms with van der Waals surface area (Å²) in [5.41, 5.74) is 2.09. The van der Waals surface area contributed by atoms with Gasteiger partial charge in [-0.25, -0.2) is 4.39 Å². The minimum absolute atomic E-state index is 0.150. The van der Waals surface area contributed by atoms with Crippen LogP contribution in [0.1, 0.15) is 16.7 Å². The molecule has 0 saturated carbocycles. The van der Waals surface area contributed by atoms with Gasteiger partial charge in [-0.3, -0.25) is 14.5 Å². The monoisotopic (exact) mass is 521 g/mol. The van der Waals surface area contributed by atoms with Gasteiger partial charge in [-0.2, -0.15) is 0 Å².